The summed E-state index contributed by atoms with van der Waals surface area (Å²) in [5, 5.41) is 23.3. The summed E-state index contributed by atoms with van der Waals surface area (Å²) in [5.41, 5.74) is 0. The molecule has 0 radical (unpaired) electrons. The molecule has 0 aromatic carbocycles. The maximum Gasteiger partial charge on any atom is 0.220 e. The predicted molar refractivity (Wildman–Crippen MR) is 258 cm³/mol. The summed E-state index contributed by atoms with van der Waals surface area (Å²) in [6.45, 7) is 4.39. The van der Waals surface area contributed by atoms with Crippen LogP contribution in [0.25, 0.3) is 0 Å². The number of carbonyl (C=O) groups is 1. The molecule has 2 unspecified atom stereocenters. The van der Waals surface area contributed by atoms with Crippen molar-refractivity contribution in [3.63, 3.8) is 0 Å². The Hall–Kier alpha value is -0.870. The van der Waals surface area contributed by atoms with Gasteiger partial charge in [-0.3, -0.25) is 4.79 Å². The molecule has 0 rings (SSSR count). The van der Waals surface area contributed by atoms with Gasteiger partial charge < -0.3 is 15.5 Å². The van der Waals surface area contributed by atoms with Crippen molar-refractivity contribution in [3.05, 3.63) is 12.2 Å². The van der Waals surface area contributed by atoms with Gasteiger partial charge in [-0.1, -0.05) is 276 Å². The minimum atomic E-state index is -0.657. The van der Waals surface area contributed by atoms with Crippen LogP contribution in [0.2, 0.25) is 0 Å². The highest BCUT2D eigenvalue weighted by molar-refractivity contribution is 5.76. The van der Waals surface area contributed by atoms with Crippen LogP contribution in [0.15, 0.2) is 12.2 Å². The Bertz CT molecular complexity index is 799. The van der Waals surface area contributed by atoms with Gasteiger partial charge in [0.15, 0.2) is 0 Å². The summed E-state index contributed by atoms with van der Waals surface area (Å²) in [6.07, 6.45) is 64.7. The first-order valence-electron chi connectivity index (χ1n) is 26.9. The number of unbranched alkanes of at least 4 members (excludes halogenated alkanes) is 41. The van der Waals surface area contributed by atoms with Crippen molar-refractivity contribution >= 4 is 5.91 Å². The van der Waals surface area contributed by atoms with E-state index in [9.17, 15) is 15.0 Å². The van der Waals surface area contributed by atoms with Crippen LogP contribution in [0.1, 0.15) is 309 Å². The average molecular weight is 818 g/mol. The maximum absolute atomic E-state index is 12.5. The summed E-state index contributed by atoms with van der Waals surface area (Å²) < 4.78 is 0. The van der Waals surface area contributed by atoms with Gasteiger partial charge in [0, 0.05) is 6.42 Å². The second kappa shape index (κ2) is 50.5. The fourth-order valence-corrected chi connectivity index (χ4v) is 8.65. The Morgan fingerprint density at radius 1 is 0.397 bits per heavy atom. The van der Waals surface area contributed by atoms with Crippen LogP contribution in [0.5, 0.6) is 0 Å². The number of aliphatic hydroxyl groups excluding tert-OH is 2. The van der Waals surface area contributed by atoms with Gasteiger partial charge in [-0.05, 0) is 38.5 Å². The zero-order chi connectivity index (χ0) is 42.1. The Morgan fingerprint density at radius 3 is 0.948 bits per heavy atom. The van der Waals surface area contributed by atoms with Gasteiger partial charge in [0.05, 0.1) is 18.8 Å². The Labute approximate surface area is 365 Å². The van der Waals surface area contributed by atoms with Crippen LogP contribution < -0.4 is 5.32 Å². The highest BCUT2D eigenvalue weighted by Crippen LogP contribution is 2.17. The lowest BCUT2D eigenvalue weighted by Crippen LogP contribution is -2.45. The first-order chi connectivity index (χ1) is 28.7. The second-order valence-corrected chi connectivity index (χ2v) is 18.7. The SMILES string of the molecule is CCCCCCCCCCCCCC/C=C\CCCCCCCCCCCCCCC(=O)NC(CO)C(O)CCCCCCCCCCCCCCCCCCCC. The number of hydrogen-bond donors (Lipinski definition) is 3. The van der Waals surface area contributed by atoms with E-state index in [1.54, 1.807) is 0 Å². The summed E-state index contributed by atoms with van der Waals surface area (Å²) >= 11 is 0. The van der Waals surface area contributed by atoms with Crippen LogP contribution in [-0.2, 0) is 4.79 Å². The van der Waals surface area contributed by atoms with Crippen molar-refractivity contribution in [1.29, 1.82) is 0 Å². The van der Waals surface area contributed by atoms with Gasteiger partial charge in [-0.25, -0.2) is 0 Å². The Kier molecular flexibility index (Phi) is 49.7. The first kappa shape index (κ1) is 57.1. The minimum absolute atomic E-state index is 0.0262. The standard InChI is InChI=1S/C54H107NO3/c1-3-5-7-9-11-13-15-17-19-21-23-24-25-26-27-28-29-30-31-32-34-36-38-40-42-44-46-48-50-54(58)55-52(51-56)53(57)49-47-45-43-41-39-37-35-33-22-20-18-16-14-12-10-8-6-4-2/h26-27,52-53,56-57H,3-25,28-51H2,1-2H3,(H,55,58)/b27-26-. The van der Waals surface area contributed by atoms with Gasteiger partial charge in [-0.15, -0.1) is 0 Å². The van der Waals surface area contributed by atoms with Crippen molar-refractivity contribution in [3.8, 4) is 0 Å². The molecule has 2 atom stereocenters. The first-order valence-corrected chi connectivity index (χ1v) is 26.9. The van der Waals surface area contributed by atoms with Crippen molar-refractivity contribution in [2.24, 2.45) is 0 Å². The van der Waals surface area contributed by atoms with E-state index < -0.39 is 12.1 Å². The number of aliphatic hydroxyl groups is 2. The lowest BCUT2D eigenvalue weighted by atomic mass is 10.0. The lowest BCUT2D eigenvalue weighted by Gasteiger charge is -2.22. The van der Waals surface area contributed by atoms with E-state index in [4.69, 9.17) is 0 Å². The normalized spacial score (nSPS) is 12.8. The number of rotatable bonds is 50. The van der Waals surface area contributed by atoms with Crippen molar-refractivity contribution < 1.29 is 15.0 Å². The number of hydrogen-bond acceptors (Lipinski definition) is 3. The molecule has 58 heavy (non-hydrogen) atoms. The van der Waals surface area contributed by atoms with Gasteiger partial charge in [0.25, 0.3) is 0 Å². The monoisotopic (exact) mass is 818 g/mol. The molecule has 0 bridgehead atoms. The zero-order valence-electron chi connectivity index (χ0n) is 39.8. The molecule has 4 heteroatoms. The second-order valence-electron chi connectivity index (χ2n) is 18.7. The van der Waals surface area contributed by atoms with E-state index in [2.05, 4.69) is 31.3 Å². The molecule has 0 fully saturated rings. The fourth-order valence-electron chi connectivity index (χ4n) is 8.65. The molecule has 4 nitrogen and oxygen atoms in total. The summed E-state index contributed by atoms with van der Waals surface area (Å²) in [6, 6.07) is -0.533. The third kappa shape index (κ3) is 46.2. The van der Waals surface area contributed by atoms with Crippen LogP contribution in [-0.4, -0.2) is 34.9 Å². The number of nitrogens with one attached hydrogen (secondary N) is 1. The minimum Gasteiger partial charge on any atom is -0.394 e. The van der Waals surface area contributed by atoms with Crippen LogP contribution in [0, 0.1) is 0 Å². The quantitative estimate of drug-likeness (QED) is 0.0423. The van der Waals surface area contributed by atoms with Crippen LogP contribution in [0.3, 0.4) is 0 Å². The fraction of sp³-hybridized carbons (Fsp3) is 0.944. The van der Waals surface area contributed by atoms with E-state index in [0.717, 1.165) is 25.7 Å². The largest absolute Gasteiger partial charge is 0.394 e. The summed E-state index contributed by atoms with van der Waals surface area (Å²) in [4.78, 5) is 12.5. The molecule has 0 aromatic rings. The number of carbonyl (C=O) groups excluding carboxylic acids is 1. The summed E-state index contributed by atoms with van der Waals surface area (Å²) in [5.74, 6) is -0.0262. The third-order valence-corrected chi connectivity index (χ3v) is 12.8. The molecular weight excluding hydrogens is 711 g/mol. The molecule has 0 saturated heterocycles. The Balaban J connectivity index is 3.43. The van der Waals surface area contributed by atoms with Crippen LogP contribution >= 0.6 is 0 Å². The zero-order valence-corrected chi connectivity index (χ0v) is 39.8. The van der Waals surface area contributed by atoms with Crippen LogP contribution in [0.4, 0.5) is 0 Å². The van der Waals surface area contributed by atoms with E-state index in [1.807, 2.05) is 0 Å². The van der Waals surface area contributed by atoms with Gasteiger partial charge in [0.1, 0.15) is 0 Å². The molecule has 0 aliphatic rings. The van der Waals surface area contributed by atoms with E-state index in [1.165, 1.54) is 257 Å². The molecule has 0 heterocycles. The molecule has 1 amide bonds. The van der Waals surface area contributed by atoms with E-state index in [0.29, 0.717) is 12.8 Å². The van der Waals surface area contributed by atoms with Gasteiger partial charge >= 0.3 is 0 Å². The molecule has 3 N–H and O–H groups in total. The summed E-state index contributed by atoms with van der Waals surface area (Å²) in [7, 11) is 0. The van der Waals surface area contributed by atoms with E-state index in [-0.39, 0.29) is 12.5 Å². The molecule has 0 aliphatic heterocycles. The predicted octanol–water partition coefficient (Wildman–Crippen LogP) is 17.4. The molecular formula is C54H107NO3. The lowest BCUT2D eigenvalue weighted by molar-refractivity contribution is -0.123. The van der Waals surface area contributed by atoms with Gasteiger partial charge in [0.2, 0.25) is 5.91 Å². The molecule has 0 spiro atoms. The van der Waals surface area contributed by atoms with E-state index >= 15 is 0 Å². The van der Waals surface area contributed by atoms with Crippen molar-refractivity contribution in [2.45, 2.75) is 321 Å². The molecule has 0 aliphatic carbocycles. The topological polar surface area (TPSA) is 69.6 Å². The highest BCUT2D eigenvalue weighted by Gasteiger charge is 2.20. The molecule has 0 aromatic heterocycles. The average Bonchev–Trinajstić information content (AvgIpc) is 3.23. The third-order valence-electron chi connectivity index (χ3n) is 12.8. The maximum atomic E-state index is 12.5. The smallest absolute Gasteiger partial charge is 0.220 e. The van der Waals surface area contributed by atoms with Gasteiger partial charge in [-0.2, -0.15) is 0 Å². The van der Waals surface area contributed by atoms with Crippen molar-refractivity contribution in [1.82, 2.24) is 5.32 Å². The Morgan fingerprint density at radius 2 is 0.655 bits per heavy atom. The molecule has 346 valence electrons. The molecule has 0 saturated carbocycles. The number of amides is 1. The highest BCUT2D eigenvalue weighted by atomic mass is 16.3. The number of allylic oxidation sites excluding steroid dienone is 2. The van der Waals surface area contributed by atoms with Crippen molar-refractivity contribution in [2.75, 3.05) is 6.61 Å².